The van der Waals surface area contributed by atoms with E-state index in [0.29, 0.717) is 25.3 Å². The fourth-order valence-corrected chi connectivity index (χ4v) is 4.27. The highest BCUT2D eigenvalue weighted by atomic mass is 32.2. The van der Waals surface area contributed by atoms with Gasteiger partial charge in [-0.3, -0.25) is 0 Å². The molecule has 0 bridgehead atoms. The number of ether oxygens (including phenoxy) is 2. The van der Waals surface area contributed by atoms with Crippen LogP contribution in [0.2, 0.25) is 0 Å². The molecule has 0 aromatic heterocycles. The third-order valence-corrected chi connectivity index (χ3v) is 6.12. The summed E-state index contributed by atoms with van der Waals surface area (Å²) in [6.45, 7) is 0.818. The van der Waals surface area contributed by atoms with Gasteiger partial charge in [0.2, 0.25) is 10.0 Å². The van der Waals surface area contributed by atoms with Gasteiger partial charge < -0.3 is 9.47 Å². The Balaban J connectivity index is 1.76. The SMILES string of the molecule is COc1ccccc1S(=O)(=O)N(C)C[C@H]1Cc2ccccc2CO1. The molecule has 0 unspecified atom stereocenters. The van der Waals surface area contributed by atoms with Gasteiger partial charge >= 0.3 is 0 Å². The highest BCUT2D eigenvalue weighted by Crippen LogP contribution is 2.27. The number of rotatable bonds is 5. The molecule has 3 rings (SSSR count). The van der Waals surface area contributed by atoms with E-state index in [2.05, 4.69) is 6.07 Å². The maximum atomic E-state index is 12.8. The molecule has 2 aromatic carbocycles. The van der Waals surface area contributed by atoms with E-state index < -0.39 is 10.0 Å². The second-order valence-corrected chi connectivity index (χ2v) is 7.86. The third kappa shape index (κ3) is 3.31. The van der Waals surface area contributed by atoms with Crippen molar-refractivity contribution < 1.29 is 17.9 Å². The molecule has 0 radical (unpaired) electrons. The molecule has 0 aliphatic carbocycles. The molecule has 1 aliphatic rings. The minimum absolute atomic E-state index is 0.158. The highest BCUT2D eigenvalue weighted by Gasteiger charge is 2.28. The van der Waals surface area contributed by atoms with Crippen molar-refractivity contribution in [3.63, 3.8) is 0 Å². The van der Waals surface area contributed by atoms with Crippen LogP contribution in [0.4, 0.5) is 0 Å². The molecule has 1 atom stereocenters. The molecule has 128 valence electrons. The van der Waals surface area contributed by atoms with Crippen LogP contribution in [0.5, 0.6) is 5.75 Å². The lowest BCUT2D eigenvalue weighted by atomic mass is 9.99. The standard InChI is InChI=1S/C18H21NO4S/c1-19(24(20,21)18-10-6-5-9-17(18)22-2)12-16-11-14-7-3-4-8-15(14)13-23-16/h3-10,16H,11-13H2,1-2H3/t16-/m1/s1. The van der Waals surface area contributed by atoms with Crippen molar-refractivity contribution in [2.75, 3.05) is 20.7 Å². The zero-order valence-corrected chi connectivity index (χ0v) is 14.6. The first kappa shape index (κ1) is 17.0. The Kier molecular flexibility index (Phi) is 4.89. The molecular formula is C18H21NO4S. The van der Waals surface area contributed by atoms with E-state index in [1.807, 2.05) is 18.2 Å². The Labute approximate surface area is 142 Å². The van der Waals surface area contributed by atoms with Gasteiger partial charge in [0.1, 0.15) is 10.6 Å². The van der Waals surface area contributed by atoms with Crippen LogP contribution in [-0.2, 0) is 27.8 Å². The summed E-state index contributed by atoms with van der Waals surface area (Å²) >= 11 is 0. The molecule has 0 saturated heterocycles. The van der Waals surface area contributed by atoms with E-state index in [1.165, 1.54) is 22.5 Å². The molecule has 6 heteroatoms. The molecule has 0 saturated carbocycles. The van der Waals surface area contributed by atoms with Crippen LogP contribution in [0.15, 0.2) is 53.4 Å². The molecule has 0 fully saturated rings. The number of nitrogens with zero attached hydrogens (tertiary/aromatic N) is 1. The molecule has 1 aliphatic heterocycles. The third-order valence-electron chi connectivity index (χ3n) is 4.26. The number of hydrogen-bond donors (Lipinski definition) is 0. The smallest absolute Gasteiger partial charge is 0.246 e. The number of hydrogen-bond acceptors (Lipinski definition) is 4. The Morgan fingerprint density at radius 3 is 2.54 bits per heavy atom. The zero-order chi connectivity index (χ0) is 17.2. The number of sulfonamides is 1. The molecule has 1 heterocycles. The number of fused-ring (bicyclic) bond motifs is 1. The van der Waals surface area contributed by atoms with E-state index >= 15 is 0 Å². The summed E-state index contributed by atoms with van der Waals surface area (Å²) in [5.74, 6) is 0.347. The predicted octanol–water partition coefficient (Wildman–Crippen LogP) is 2.46. The van der Waals surface area contributed by atoms with Crippen molar-refractivity contribution in [3.8, 4) is 5.75 Å². The molecule has 24 heavy (non-hydrogen) atoms. The van der Waals surface area contributed by atoms with Gasteiger partial charge in [0.05, 0.1) is 19.8 Å². The van der Waals surface area contributed by atoms with E-state index in [9.17, 15) is 8.42 Å². The first-order valence-electron chi connectivity index (χ1n) is 7.80. The summed E-state index contributed by atoms with van der Waals surface area (Å²) in [6, 6.07) is 14.7. The maximum absolute atomic E-state index is 12.8. The predicted molar refractivity (Wildman–Crippen MR) is 91.5 cm³/mol. The van der Waals surface area contributed by atoms with Crippen molar-refractivity contribution in [1.82, 2.24) is 4.31 Å². The molecule has 5 nitrogen and oxygen atoms in total. The van der Waals surface area contributed by atoms with Gasteiger partial charge in [0.15, 0.2) is 0 Å². The van der Waals surface area contributed by atoms with Gasteiger partial charge in [0, 0.05) is 20.0 Å². The van der Waals surface area contributed by atoms with Crippen molar-refractivity contribution >= 4 is 10.0 Å². The number of methoxy groups -OCH3 is 1. The Morgan fingerprint density at radius 1 is 1.12 bits per heavy atom. The van der Waals surface area contributed by atoms with Crippen LogP contribution < -0.4 is 4.74 Å². The average Bonchev–Trinajstić information content (AvgIpc) is 2.61. The minimum atomic E-state index is -3.63. The fraction of sp³-hybridized carbons (Fsp3) is 0.333. The summed E-state index contributed by atoms with van der Waals surface area (Å²) in [7, 11) is -0.587. The Morgan fingerprint density at radius 2 is 1.79 bits per heavy atom. The second-order valence-electron chi connectivity index (χ2n) is 5.84. The van der Waals surface area contributed by atoms with Crippen LogP contribution >= 0.6 is 0 Å². The second kappa shape index (κ2) is 6.93. The van der Waals surface area contributed by atoms with Crippen LogP contribution in [0, 0.1) is 0 Å². The summed E-state index contributed by atoms with van der Waals surface area (Å²) in [4.78, 5) is 0.172. The number of para-hydroxylation sites is 1. The first-order valence-corrected chi connectivity index (χ1v) is 9.24. The highest BCUT2D eigenvalue weighted by molar-refractivity contribution is 7.89. The van der Waals surface area contributed by atoms with Crippen LogP contribution in [0.1, 0.15) is 11.1 Å². The van der Waals surface area contributed by atoms with E-state index in [4.69, 9.17) is 9.47 Å². The average molecular weight is 347 g/mol. The summed E-state index contributed by atoms with van der Waals surface area (Å²) in [5.41, 5.74) is 2.39. The quantitative estimate of drug-likeness (QED) is 0.834. The van der Waals surface area contributed by atoms with E-state index in [1.54, 1.807) is 31.3 Å². The lowest BCUT2D eigenvalue weighted by Gasteiger charge is -2.28. The zero-order valence-electron chi connectivity index (χ0n) is 13.8. The van der Waals surface area contributed by atoms with Crippen molar-refractivity contribution in [2.45, 2.75) is 24.0 Å². The largest absolute Gasteiger partial charge is 0.495 e. The lowest BCUT2D eigenvalue weighted by molar-refractivity contribution is 0.0202. The van der Waals surface area contributed by atoms with Crippen molar-refractivity contribution in [2.24, 2.45) is 0 Å². The maximum Gasteiger partial charge on any atom is 0.246 e. The van der Waals surface area contributed by atoms with Gasteiger partial charge in [-0.1, -0.05) is 36.4 Å². The van der Waals surface area contributed by atoms with E-state index in [-0.39, 0.29) is 11.0 Å². The summed E-state index contributed by atoms with van der Waals surface area (Å²) in [6.07, 6.45) is 0.552. The molecule has 0 spiro atoms. The van der Waals surface area contributed by atoms with Crippen molar-refractivity contribution in [3.05, 3.63) is 59.7 Å². The topological polar surface area (TPSA) is 55.8 Å². The van der Waals surface area contributed by atoms with Gasteiger partial charge in [-0.2, -0.15) is 4.31 Å². The van der Waals surface area contributed by atoms with Gasteiger partial charge in [-0.05, 0) is 23.3 Å². The van der Waals surface area contributed by atoms with Gasteiger partial charge in [-0.15, -0.1) is 0 Å². The fourth-order valence-electron chi connectivity index (χ4n) is 2.91. The monoisotopic (exact) mass is 347 g/mol. The Bertz CT molecular complexity index is 819. The number of benzene rings is 2. The molecule has 2 aromatic rings. The first-order chi connectivity index (χ1) is 11.5. The molecule has 0 amide bonds. The molecule has 0 N–H and O–H groups in total. The van der Waals surface area contributed by atoms with Gasteiger partial charge in [-0.25, -0.2) is 8.42 Å². The van der Waals surface area contributed by atoms with Gasteiger partial charge in [0.25, 0.3) is 0 Å². The number of likely N-dealkylation sites (N-methyl/N-ethyl adjacent to an activating group) is 1. The van der Waals surface area contributed by atoms with E-state index in [0.717, 1.165) is 0 Å². The van der Waals surface area contributed by atoms with Crippen LogP contribution in [0.25, 0.3) is 0 Å². The summed E-state index contributed by atoms with van der Waals surface area (Å²) in [5, 5.41) is 0. The Hall–Kier alpha value is -1.89. The lowest BCUT2D eigenvalue weighted by Crippen LogP contribution is -2.38. The van der Waals surface area contributed by atoms with Crippen LogP contribution in [-0.4, -0.2) is 39.5 Å². The minimum Gasteiger partial charge on any atom is -0.495 e. The van der Waals surface area contributed by atoms with Crippen LogP contribution in [0.3, 0.4) is 0 Å². The molecular weight excluding hydrogens is 326 g/mol. The summed E-state index contributed by atoms with van der Waals surface area (Å²) < 4.78 is 38.0. The normalized spacial score (nSPS) is 17.5. The van der Waals surface area contributed by atoms with Crippen molar-refractivity contribution in [1.29, 1.82) is 0 Å².